The molecule has 10 heteroatoms. The van der Waals surface area contributed by atoms with Gasteiger partial charge in [0.2, 0.25) is 0 Å². The number of carboxylic acid groups (broad SMARTS) is 1. The number of nitrogens with two attached hydrogens (primary N) is 3. The summed E-state index contributed by atoms with van der Waals surface area (Å²) in [6, 6.07) is -1.73. The van der Waals surface area contributed by atoms with Gasteiger partial charge in [-0.1, -0.05) is 21.6 Å². The molecule has 0 fully saturated rings. The molecule has 0 aliphatic carbocycles. The predicted molar refractivity (Wildman–Crippen MR) is 66.0 cm³/mol. The van der Waals surface area contributed by atoms with Crippen LogP contribution in [-0.2, 0) is 14.4 Å². The van der Waals surface area contributed by atoms with E-state index >= 15 is 0 Å². The molecule has 0 bridgehead atoms. The second-order valence-corrected chi connectivity index (χ2v) is 5.11. The molecule has 0 aromatic carbocycles. The Balaban J connectivity index is 0. The topological polar surface area (TPSA) is 142 Å². The second-order valence-electron chi connectivity index (χ2n) is 2.56. The maximum absolute atomic E-state index is 10.7. The summed E-state index contributed by atoms with van der Waals surface area (Å²) in [4.78, 5) is 25.0. The van der Waals surface area contributed by atoms with Crippen LogP contribution in [0.2, 0.25) is 0 Å². The molecule has 0 radical (unpaired) electrons. The van der Waals surface area contributed by atoms with Gasteiger partial charge in [0.25, 0.3) is 0 Å². The second kappa shape index (κ2) is 10.00. The van der Waals surface area contributed by atoms with Gasteiger partial charge in [0, 0.05) is 11.5 Å². The fourth-order valence-electron chi connectivity index (χ4n) is 0.470. The molecule has 0 aliphatic heterocycles. The van der Waals surface area contributed by atoms with Crippen molar-refractivity contribution in [1.82, 2.24) is 0 Å². The van der Waals surface area contributed by atoms with Gasteiger partial charge in [0.05, 0.1) is 0 Å². The normalized spacial score (nSPS) is 13.4. The molecular weight excluding hydrogens is 278 g/mol. The van der Waals surface area contributed by atoms with Crippen LogP contribution in [-0.4, -0.2) is 40.6 Å². The maximum Gasteiger partial charge on any atom is 0.342 e. The van der Waals surface area contributed by atoms with E-state index in [1.165, 1.54) is 21.6 Å². The number of aliphatic carboxylic acids is 1. The summed E-state index contributed by atoms with van der Waals surface area (Å²) < 4.78 is 0. The minimum Gasteiger partial charge on any atom is -0.480 e. The predicted octanol–water partition coefficient (Wildman–Crippen LogP) is -1.05. The third-order valence-corrected chi connectivity index (χ3v) is 3.79. The van der Waals surface area contributed by atoms with Crippen molar-refractivity contribution in [2.24, 2.45) is 17.4 Å². The Morgan fingerprint density at radius 3 is 2.00 bits per heavy atom. The van der Waals surface area contributed by atoms with Crippen LogP contribution in [0.25, 0.3) is 0 Å². The largest absolute Gasteiger partial charge is 0.480 e. The zero-order valence-corrected chi connectivity index (χ0v) is 10.6. The lowest BCUT2D eigenvalue weighted by Gasteiger charge is -2.08. The molecule has 0 heterocycles. The van der Waals surface area contributed by atoms with E-state index in [1.54, 1.807) is 0 Å². The molecule has 0 amide bonds. The number of hydrogen-bond acceptors (Lipinski definition) is 8. The number of carboxylic acids is 1. The van der Waals surface area contributed by atoms with Gasteiger partial charge in [0.15, 0.2) is 0 Å². The maximum atomic E-state index is 10.7. The van der Waals surface area contributed by atoms with Gasteiger partial charge in [-0.15, -0.1) is 12.4 Å². The summed E-state index contributed by atoms with van der Waals surface area (Å²) in [7, 11) is 2.47. The first-order valence-corrected chi connectivity index (χ1v) is 6.36. The third-order valence-electron chi connectivity index (χ3n) is 1.31. The van der Waals surface area contributed by atoms with Crippen LogP contribution in [0, 0.1) is 0 Å². The van der Waals surface area contributed by atoms with Crippen molar-refractivity contribution < 1.29 is 19.5 Å². The van der Waals surface area contributed by atoms with Gasteiger partial charge in [-0.05, 0) is 0 Å². The van der Waals surface area contributed by atoms with Crippen LogP contribution in [0.3, 0.4) is 0 Å². The van der Waals surface area contributed by atoms with Crippen molar-refractivity contribution in [3.63, 3.8) is 0 Å². The van der Waals surface area contributed by atoms with Crippen molar-refractivity contribution in [2.45, 2.75) is 12.1 Å². The molecular formula is C6H14ClN3O4S2. The van der Waals surface area contributed by atoms with Crippen LogP contribution >= 0.6 is 34.0 Å². The van der Waals surface area contributed by atoms with E-state index in [0.29, 0.717) is 0 Å². The third kappa shape index (κ3) is 8.02. The number of carbonyl (C=O) groups is 2. The molecule has 96 valence electrons. The summed E-state index contributed by atoms with van der Waals surface area (Å²) in [5, 5.41) is 8.45. The average Bonchev–Trinajstić information content (AvgIpc) is 2.22. The molecule has 0 spiro atoms. The lowest BCUT2D eigenvalue weighted by atomic mass is 10.4. The smallest absolute Gasteiger partial charge is 0.342 e. The number of halogens is 1. The van der Waals surface area contributed by atoms with E-state index in [4.69, 9.17) is 16.6 Å². The summed E-state index contributed by atoms with van der Waals surface area (Å²) in [6.07, 6.45) is 0. The molecule has 7 N–H and O–H groups in total. The summed E-state index contributed by atoms with van der Waals surface area (Å²) in [6.45, 7) is 0. The Morgan fingerprint density at radius 2 is 1.62 bits per heavy atom. The minimum absolute atomic E-state index is 0. The van der Waals surface area contributed by atoms with Crippen molar-refractivity contribution in [3.05, 3.63) is 0 Å². The number of rotatable bonds is 7. The highest BCUT2D eigenvalue weighted by Gasteiger charge is 2.15. The van der Waals surface area contributed by atoms with Gasteiger partial charge in [-0.3, -0.25) is 4.79 Å². The van der Waals surface area contributed by atoms with E-state index in [2.05, 4.69) is 10.7 Å². The summed E-state index contributed by atoms with van der Waals surface area (Å²) in [5.41, 5.74) is 10.6. The fraction of sp³-hybridized carbons (Fsp3) is 0.667. The Hall–Kier alpha value is -0.190. The standard InChI is InChI=1S/C6H13N3O4S2.ClH/c7-3(5(10)11)1-14-15-2-4(8)6(12)13-9;/h3-4H,1-2,7-9H2,(H,10,11);1H. The highest BCUT2D eigenvalue weighted by Crippen LogP contribution is 2.22. The highest BCUT2D eigenvalue weighted by atomic mass is 35.5. The first-order valence-electron chi connectivity index (χ1n) is 3.88. The molecule has 2 atom stereocenters. The molecule has 0 saturated carbocycles. The molecule has 0 aromatic rings. The van der Waals surface area contributed by atoms with Gasteiger partial charge in [0.1, 0.15) is 12.1 Å². The van der Waals surface area contributed by atoms with E-state index < -0.39 is 24.0 Å². The van der Waals surface area contributed by atoms with Gasteiger partial charge in [-0.2, -0.15) is 5.90 Å². The number of carbonyl (C=O) groups excluding carboxylic acids is 1. The molecule has 0 saturated heterocycles. The molecule has 7 nitrogen and oxygen atoms in total. The van der Waals surface area contributed by atoms with Crippen molar-refractivity contribution in [1.29, 1.82) is 0 Å². The number of hydrogen-bond donors (Lipinski definition) is 4. The van der Waals surface area contributed by atoms with Gasteiger partial charge in [-0.25, -0.2) is 4.79 Å². The van der Waals surface area contributed by atoms with Crippen molar-refractivity contribution >= 4 is 45.9 Å². The van der Waals surface area contributed by atoms with Crippen LogP contribution < -0.4 is 17.4 Å². The first-order chi connectivity index (χ1) is 6.99. The average molecular weight is 292 g/mol. The lowest BCUT2D eigenvalue weighted by Crippen LogP contribution is -2.36. The lowest BCUT2D eigenvalue weighted by molar-refractivity contribution is -0.145. The van der Waals surface area contributed by atoms with Gasteiger partial charge >= 0.3 is 11.9 Å². The highest BCUT2D eigenvalue weighted by molar-refractivity contribution is 8.76. The summed E-state index contributed by atoms with van der Waals surface area (Å²) in [5.74, 6) is 3.38. The molecule has 16 heavy (non-hydrogen) atoms. The fourth-order valence-corrected chi connectivity index (χ4v) is 2.69. The zero-order valence-electron chi connectivity index (χ0n) is 8.20. The molecule has 0 aliphatic rings. The van der Waals surface area contributed by atoms with E-state index in [-0.39, 0.29) is 23.9 Å². The Bertz CT molecular complexity index is 234. The quantitative estimate of drug-likeness (QED) is 0.262. The van der Waals surface area contributed by atoms with Crippen LogP contribution in [0.1, 0.15) is 0 Å². The first kappa shape index (κ1) is 18.2. The van der Waals surface area contributed by atoms with Crippen molar-refractivity contribution in [3.8, 4) is 0 Å². The van der Waals surface area contributed by atoms with E-state index in [9.17, 15) is 9.59 Å². The SMILES string of the molecule is Cl.NOC(=O)C(N)CSSCC(N)C(=O)O. The molecule has 0 aromatic heterocycles. The molecule has 0 rings (SSSR count). The van der Waals surface area contributed by atoms with Crippen LogP contribution in [0.4, 0.5) is 0 Å². The monoisotopic (exact) mass is 291 g/mol. The molecule has 2 unspecified atom stereocenters. The van der Waals surface area contributed by atoms with Crippen LogP contribution in [0.5, 0.6) is 0 Å². The Kier molecular flexibility index (Phi) is 11.4. The van der Waals surface area contributed by atoms with E-state index in [1.807, 2.05) is 0 Å². The van der Waals surface area contributed by atoms with E-state index in [0.717, 1.165) is 0 Å². The Morgan fingerprint density at radius 1 is 1.19 bits per heavy atom. The Labute approximate surface area is 107 Å². The zero-order chi connectivity index (χ0) is 11.8. The van der Waals surface area contributed by atoms with Crippen molar-refractivity contribution in [2.75, 3.05) is 11.5 Å². The van der Waals surface area contributed by atoms with Crippen LogP contribution in [0.15, 0.2) is 0 Å². The summed E-state index contributed by atoms with van der Waals surface area (Å²) >= 11 is 0. The minimum atomic E-state index is -1.06. The van der Waals surface area contributed by atoms with Gasteiger partial charge < -0.3 is 21.4 Å².